The van der Waals surface area contributed by atoms with Gasteiger partial charge >= 0.3 is 0 Å². The normalized spacial score (nSPS) is 20.5. The van der Waals surface area contributed by atoms with E-state index in [0.717, 1.165) is 23.3 Å². The second-order valence-electron chi connectivity index (χ2n) is 7.86. The predicted octanol–water partition coefficient (Wildman–Crippen LogP) is 2.96. The van der Waals surface area contributed by atoms with E-state index in [4.69, 9.17) is 19.6 Å². The average Bonchev–Trinajstić information content (AvgIpc) is 3.15. The number of amides is 1. The minimum absolute atomic E-state index is 0.0412. The van der Waals surface area contributed by atoms with Gasteiger partial charge in [-0.05, 0) is 41.8 Å². The third-order valence-corrected chi connectivity index (χ3v) is 5.58. The smallest absolute Gasteiger partial charge is 0.254 e. The molecule has 0 fully saturated rings. The van der Waals surface area contributed by atoms with Gasteiger partial charge in [0.05, 0.1) is 6.61 Å². The molecule has 30 heavy (non-hydrogen) atoms. The fourth-order valence-corrected chi connectivity index (χ4v) is 4.04. The van der Waals surface area contributed by atoms with E-state index in [2.05, 4.69) is 19.1 Å². The number of aliphatic hydroxyl groups excluding tert-OH is 1. The molecule has 2 aromatic rings. The highest BCUT2D eigenvalue weighted by atomic mass is 16.5. The Morgan fingerprint density at radius 1 is 1.17 bits per heavy atom. The van der Waals surface area contributed by atoms with Crippen molar-refractivity contribution in [3.05, 3.63) is 65.2 Å². The summed E-state index contributed by atoms with van der Waals surface area (Å²) in [6.45, 7) is 4.24. The number of aliphatic imine (C=N–C) groups is 1. The lowest BCUT2D eigenvalue weighted by Gasteiger charge is -2.27. The summed E-state index contributed by atoms with van der Waals surface area (Å²) >= 11 is 0. The molecule has 2 aliphatic heterocycles. The van der Waals surface area contributed by atoms with E-state index in [9.17, 15) is 4.79 Å². The third kappa shape index (κ3) is 4.05. The van der Waals surface area contributed by atoms with Gasteiger partial charge in [-0.2, -0.15) is 0 Å². The predicted molar refractivity (Wildman–Crippen MR) is 115 cm³/mol. The van der Waals surface area contributed by atoms with Gasteiger partial charge < -0.3 is 19.5 Å². The lowest BCUT2D eigenvalue weighted by molar-refractivity contribution is -0.137. The molecule has 1 atom stereocenters. The lowest BCUT2D eigenvalue weighted by atomic mass is 9.91. The minimum Gasteiger partial charge on any atom is -0.494 e. The Kier molecular flexibility index (Phi) is 6.04. The summed E-state index contributed by atoms with van der Waals surface area (Å²) in [6.07, 6.45) is 2.05. The highest BCUT2D eigenvalue weighted by molar-refractivity contribution is 6.00. The van der Waals surface area contributed by atoms with Crippen molar-refractivity contribution in [2.45, 2.75) is 38.3 Å². The Bertz CT molecular complexity index is 925. The number of carbonyl (C=O) groups excluding carboxylic acids is 1. The number of carbonyl (C=O) groups is 1. The summed E-state index contributed by atoms with van der Waals surface area (Å²) in [5.41, 5.74) is 2.26. The number of nitrogens with zero attached hydrogens (tertiary/aromatic N) is 2. The van der Waals surface area contributed by atoms with E-state index >= 15 is 0 Å². The van der Waals surface area contributed by atoms with Crippen molar-refractivity contribution in [3.8, 4) is 5.75 Å². The van der Waals surface area contributed by atoms with Crippen molar-refractivity contribution in [1.29, 1.82) is 0 Å². The molecule has 4 rings (SSSR count). The molecule has 2 aromatic carbocycles. The van der Waals surface area contributed by atoms with Crippen molar-refractivity contribution < 1.29 is 19.4 Å². The fraction of sp³-hybridized carbons (Fsp3) is 0.417. The first kappa shape index (κ1) is 20.4. The molecule has 1 N–H and O–H groups in total. The largest absolute Gasteiger partial charge is 0.494 e. The van der Waals surface area contributed by atoms with Crippen LogP contribution in [-0.4, -0.2) is 53.7 Å². The summed E-state index contributed by atoms with van der Waals surface area (Å²) in [5.74, 6) is 1.27. The van der Waals surface area contributed by atoms with Crippen molar-refractivity contribution in [1.82, 2.24) is 4.90 Å². The molecule has 0 bridgehead atoms. The Balaban J connectivity index is 1.61. The average molecular weight is 408 g/mol. The van der Waals surface area contributed by atoms with Gasteiger partial charge in [-0.3, -0.25) is 4.79 Å². The molecular formula is C24H28N2O4. The van der Waals surface area contributed by atoms with Gasteiger partial charge in [-0.15, -0.1) is 0 Å². The summed E-state index contributed by atoms with van der Waals surface area (Å²) in [5, 5.41) is 8.86. The molecule has 1 amide bonds. The second kappa shape index (κ2) is 8.88. The van der Waals surface area contributed by atoms with E-state index in [0.29, 0.717) is 38.4 Å². The molecule has 2 heterocycles. The van der Waals surface area contributed by atoms with Gasteiger partial charge in [0.1, 0.15) is 12.4 Å². The van der Waals surface area contributed by atoms with Gasteiger partial charge in [0, 0.05) is 38.1 Å². The molecule has 0 aromatic heterocycles. The maximum Gasteiger partial charge on any atom is 0.254 e. The van der Waals surface area contributed by atoms with Crippen molar-refractivity contribution in [2.24, 2.45) is 4.99 Å². The van der Waals surface area contributed by atoms with Crippen LogP contribution < -0.4 is 4.74 Å². The second-order valence-corrected chi connectivity index (χ2v) is 7.86. The zero-order valence-corrected chi connectivity index (χ0v) is 17.3. The number of hydrogen-bond donors (Lipinski definition) is 1. The van der Waals surface area contributed by atoms with E-state index in [1.165, 1.54) is 5.56 Å². The molecule has 0 saturated carbocycles. The number of rotatable bonds is 7. The van der Waals surface area contributed by atoms with Crippen molar-refractivity contribution in [3.63, 3.8) is 0 Å². The standard InChI is InChI=1S/C24H28N2O4/c1-2-12-26-16-20-7-4-3-6-19(20)15-24(23(26)28)17-30-22(25-24)18-8-10-21(11-9-18)29-14-5-13-27/h3-4,6-11,27H,2,5,12-17H2,1H3/t24-/m0/s1. The first-order valence-corrected chi connectivity index (χ1v) is 10.6. The zero-order valence-electron chi connectivity index (χ0n) is 17.3. The van der Waals surface area contributed by atoms with E-state index in [1.807, 2.05) is 41.3 Å². The highest BCUT2D eigenvalue weighted by Crippen LogP contribution is 2.33. The molecule has 0 radical (unpaired) electrons. The summed E-state index contributed by atoms with van der Waals surface area (Å²) in [4.78, 5) is 20.3. The number of fused-ring (bicyclic) bond motifs is 1. The van der Waals surface area contributed by atoms with Crippen LogP contribution in [0.4, 0.5) is 0 Å². The van der Waals surface area contributed by atoms with Gasteiger partial charge in [0.2, 0.25) is 5.90 Å². The van der Waals surface area contributed by atoms with Crippen LogP contribution in [0.15, 0.2) is 53.5 Å². The van der Waals surface area contributed by atoms with Gasteiger partial charge in [0.15, 0.2) is 5.54 Å². The lowest BCUT2D eigenvalue weighted by Crippen LogP contribution is -2.48. The van der Waals surface area contributed by atoms with Crippen LogP contribution in [0.1, 0.15) is 36.5 Å². The van der Waals surface area contributed by atoms with Gasteiger partial charge in [-0.1, -0.05) is 31.2 Å². The first-order valence-electron chi connectivity index (χ1n) is 10.6. The number of benzene rings is 2. The molecule has 158 valence electrons. The van der Waals surface area contributed by atoms with Crippen LogP contribution in [0.3, 0.4) is 0 Å². The third-order valence-electron chi connectivity index (χ3n) is 5.58. The number of ether oxygens (including phenoxy) is 2. The molecule has 2 aliphatic rings. The van der Waals surface area contributed by atoms with Crippen LogP contribution in [0.5, 0.6) is 5.75 Å². The van der Waals surface area contributed by atoms with Gasteiger partial charge in [-0.25, -0.2) is 4.99 Å². The first-order chi connectivity index (χ1) is 14.6. The summed E-state index contributed by atoms with van der Waals surface area (Å²) in [6, 6.07) is 15.7. The fourth-order valence-electron chi connectivity index (χ4n) is 4.04. The molecule has 6 heteroatoms. The van der Waals surface area contributed by atoms with Crippen LogP contribution in [0.2, 0.25) is 0 Å². The molecule has 1 spiro atoms. The number of hydrogen-bond acceptors (Lipinski definition) is 5. The van der Waals surface area contributed by atoms with Crippen molar-refractivity contribution in [2.75, 3.05) is 26.4 Å². The molecule has 0 saturated heterocycles. The maximum absolute atomic E-state index is 13.5. The Hall–Kier alpha value is -2.86. The maximum atomic E-state index is 13.5. The number of aliphatic hydroxyl groups is 1. The van der Waals surface area contributed by atoms with Crippen LogP contribution in [-0.2, 0) is 22.5 Å². The van der Waals surface area contributed by atoms with E-state index in [-0.39, 0.29) is 19.1 Å². The van der Waals surface area contributed by atoms with Crippen LogP contribution >= 0.6 is 0 Å². The van der Waals surface area contributed by atoms with Crippen molar-refractivity contribution >= 4 is 11.8 Å². The SMILES string of the molecule is CCCN1Cc2ccccc2C[C@]2(COC(c3ccc(OCCCO)cc3)=N2)C1=O. The van der Waals surface area contributed by atoms with Crippen LogP contribution in [0, 0.1) is 0 Å². The topological polar surface area (TPSA) is 71.4 Å². The van der Waals surface area contributed by atoms with Gasteiger partial charge in [0.25, 0.3) is 5.91 Å². The quantitative estimate of drug-likeness (QED) is 0.715. The summed E-state index contributed by atoms with van der Waals surface area (Å²) in [7, 11) is 0. The Labute approximate surface area is 177 Å². The van der Waals surface area contributed by atoms with E-state index in [1.54, 1.807) is 0 Å². The monoisotopic (exact) mass is 408 g/mol. The zero-order chi connectivity index (χ0) is 21.0. The Morgan fingerprint density at radius 2 is 1.93 bits per heavy atom. The highest BCUT2D eigenvalue weighted by Gasteiger charge is 2.48. The Morgan fingerprint density at radius 3 is 2.67 bits per heavy atom. The van der Waals surface area contributed by atoms with E-state index < -0.39 is 5.54 Å². The molecule has 0 aliphatic carbocycles. The molecule has 0 unspecified atom stereocenters. The summed E-state index contributed by atoms with van der Waals surface area (Å²) < 4.78 is 11.6. The van der Waals surface area contributed by atoms with Crippen LogP contribution in [0.25, 0.3) is 0 Å². The minimum atomic E-state index is -0.909. The molecule has 6 nitrogen and oxygen atoms in total. The molecular weight excluding hydrogens is 380 g/mol.